The topological polar surface area (TPSA) is 78.9 Å². The summed E-state index contributed by atoms with van der Waals surface area (Å²) >= 11 is 0. The maximum atomic E-state index is 12.7. The number of ether oxygens (including phenoxy) is 3. The van der Waals surface area contributed by atoms with Gasteiger partial charge in [-0.25, -0.2) is 0 Å². The SMILES string of the molecule is CC\C=C/C=C\C=C/C=C\C=C/CCCC(=O)OC(COC(=O)CCCCC/C=C\CCCCCCCC)COC(=O)CCCCCCC\C=C/C=C\C=C/C=C\CC. The van der Waals surface area contributed by atoms with Gasteiger partial charge in [0, 0.05) is 19.3 Å². The van der Waals surface area contributed by atoms with Crippen molar-refractivity contribution >= 4 is 17.9 Å². The van der Waals surface area contributed by atoms with Crippen molar-refractivity contribution in [3.8, 4) is 0 Å². The van der Waals surface area contributed by atoms with Crippen LogP contribution in [-0.2, 0) is 28.6 Å². The lowest BCUT2D eigenvalue weighted by Crippen LogP contribution is -2.30. The molecule has 0 aromatic rings. The lowest BCUT2D eigenvalue weighted by atomic mass is 10.1. The van der Waals surface area contributed by atoms with Gasteiger partial charge in [-0.2, -0.15) is 0 Å². The molecule has 0 spiro atoms. The minimum absolute atomic E-state index is 0.126. The van der Waals surface area contributed by atoms with E-state index in [0.29, 0.717) is 19.3 Å². The Morgan fingerprint density at radius 3 is 1.15 bits per heavy atom. The summed E-state index contributed by atoms with van der Waals surface area (Å²) < 4.78 is 16.6. The van der Waals surface area contributed by atoms with E-state index >= 15 is 0 Å². The van der Waals surface area contributed by atoms with Crippen LogP contribution in [0.2, 0.25) is 0 Å². The maximum Gasteiger partial charge on any atom is 0.306 e. The van der Waals surface area contributed by atoms with Crippen molar-refractivity contribution in [1.82, 2.24) is 0 Å². The molecule has 330 valence electrons. The molecular weight excluding hydrogens is 733 g/mol. The molecule has 6 heteroatoms. The summed E-state index contributed by atoms with van der Waals surface area (Å²) in [4.78, 5) is 37.8. The Bertz CT molecular complexity index is 1300. The minimum atomic E-state index is -0.833. The zero-order valence-electron chi connectivity index (χ0n) is 37.5. The van der Waals surface area contributed by atoms with Gasteiger partial charge in [0.1, 0.15) is 13.2 Å². The summed E-state index contributed by atoms with van der Waals surface area (Å²) in [5, 5.41) is 0. The van der Waals surface area contributed by atoms with E-state index in [4.69, 9.17) is 14.2 Å². The fourth-order valence-corrected chi connectivity index (χ4v) is 5.71. The van der Waals surface area contributed by atoms with Crippen LogP contribution in [0, 0.1) is 0 Å². The first-order valence-electron chi connectivity index (χ1n) is 23.2. The smallest absolute Gasteiger partial charge is 0.306 e. The van der Waals surface area contributed by atoms with Crippen LogP contribution >= 0.6 is 0 Å². The van der Waals surface area contributed by atoms with Crippen molar-refractivity contribution < 1.29 is 28.6 Å². The first kappa shape index (κ1) is 54.8. The van der Waals surface area contributed by atoms with Crippen LogP contribution in [0.4, 0.5) is 0 Å². The summed E-state index contributed by atoms with van der Waals surface area (Å²) in [6.07, 6.45) is 63.3. The van der Waals surface area contributed by atoms with Gasteiger partial charge in [0.2, 0.25) is 0 Å². The van der Waals surface area contributed by atoms with Gasteiger partial charge in [0.25, 0.3) is 0 Å². The predicted molar refractivity (Wildman–Crippen MR) is 251 cm³/mol. The highest BCUT2D eigenvalue weighted by atomic mass is 16.6. The Hall–Kier alpha value is -4.19. The Balaban J connectivity index is 4.59. The van der Waals surface area contributed by atoms with Crippen LogP contribution in [0.3, 0.4) is 0 Å². The van der Waals surface area contributed by atoms with E-state index in [1.54, 1.807) is 0 Å². The molecule has 0 aliphatic carbocycles. The van der Waals surface area contributed by atoms with Crippen LogP contribution in [0.25, 0.3) is 0 Å². The van der Waals surface area contributed by atoms with Gasteiger partial charge in [-0.3, -0.25) is 14.4 Å². The third-order valence-electron chi connectivity index (χ3n) is 9.15. The van der Waals surface area contributed by atoms with Crippen LogP contribution in [0.1, 0.15) is 175 Å². The molecular formula is C53H82O6. The van der Waals surface area contributed by atoms with Crippen molar-refractivity contribution in [3.63, 3.8) is 0 Å². The molecule has 1 unspecified atom stereocenters. The number of allylic oxidation sites excluding steroid dienone is 20. The lowest BCUT2D eigenvalue weighted by Gasteiger charge is -2.18. The zero-order valence-corrected chi connectivity index (χ0v) is 37.5. The molecule has 0 aromatic carbocycles. The van der Waals surface area contributed by atoms with E-state index in [-0.39, 0.29) is 31.6 Å². The van der Waals surface area contributed by atoms with Crippen LogP contribution in [-0.4, -0.2) is 37.2 Å². The number of carbonyl (C=O) groups excluding carboxylic acids is 3. The molecule has 0 bridgehead atoms. The van der Waals surface area contributed by atoms with E-state index in [1.165, 1.54) is 38.5 Å². The number of rotatable bonds is 39. The first-order chi connectivity index (χ1) is 29.0. The highest BCUT2D eigenvalue weighted by molar-refractivity contribution is 5.71. The molecule has 0 heterocycles. The Kier molecular flexibility index (Phi) is 43.2. The van der Waals surface area contributed by atoms with Gasteiger partial charge in [0.15, 0.2) is 6.10 Å². The molecule has 0 saturated heterocycles. The van der Waals surface area contributed by atoms with Gasteiger partial charge in [-0.1, -0.05) is 200 Å². The minimum Gasteiger partial charge on any atom is -0.462 e. The second kappa shape index (κ2) is 46.5. The van der Waals surface area contributed by atoms with Gasteiger partial charge < -0.3 is 14.2 Å². The lowest BCUT2D eigenvalue weighted by molar-refractivity contribution is -0.167. The van der Waals surface area contributed by atoms with E-state index in [0.717, 1.165) is 89.9 Å². The number of unbranched alkanes of at least 4 members (excludes halogenated alkanes) is 15. The number of esters is 3. The highest BCUT2D eigenvalue weighted by Gasteiger charge is 2.19. The first-order valence-corrected chi connectivity index (χ1v) is 23.2. The summed E-state index contributed by atoms with van der Waals surface area (Å²) in [6.45, 7) is 6.21. The molecule has 0 saturated carbocycles. The molecule has 0 N–H and O–H groups in total. The molecule has 0 aromatic heterocycles. The third kappa shape index (κ3) is 44.8. The van der Waals surface area contributed by atoms with Crippen molar-refractivity contribution in [1.29, 1.82) is 0 Å². The molecule has 6 nitrogen and oxygen atoms in total. The predicted octanol–water partition coefficient (Wildman–Crippen LogP) is 15.0. The van der Waals surface area contributed by atoms with Gasteiger partial charge >= 0.3 is 17.9 Å². The molecule has 0 amide bonds. The Morgan fingerprint density at radius 2 is 0.695 bits per heavy atom. The quantitative estimate of drug-likeness (QED) is 0.0202. The van der Waals surface area contributed by atoms with E-state index in [9.17, 15) is 14.4 Å². The molecule has 0 aliphatic heterocycles. The van der Waals surface area contributed by atoms with Crippen LogP contribution < -0.4 is 0 Å². The Morgan fingerprint density at radius 1 is 0.356 bits per heavy atom. The molecule has 0 fully saturated rings. The summed E-state index contributed by atoms with van der Waals surface area (Å²) in [5.41, 5.74) is 0. The average Bonchev–Trinajstić information content (AvgIpc) is 3.23. The second-order valence-electron chi connectivity index (χ2n) is 14.8. The van der Waals surface area contributed by atoms with Crippen molar-refractivity contribution in [2.24, 2.45) is 0 Å². The maximum absolute atomic E-state index is 12.7. The summed E-state index contributed by atoms with van der Waals surface area (Å²) in [7, 11) is 0. The highest BCUT2D eigenvalue weighted by Crippen LogP contribution is 2.12. The molecule has 0 rings (SSSR count). The normalized spacial score (nSPS) is 13.2. The summed E-state index contributed by atoms with van der Waals surface area (Å²) in [6, 6.07) is 0. The van der Waals surface area contributed by atoms with Crippen LogP contribution in [0.15, 0.2) is 122 Å². The summed E-state index contributed by atoms with van der Waals surface area (Å²) in [5.74, 6) is -1.05. The number of hydrogen-bond donors (Lipinski definition) is 0. The monoisotopic (exact) mass is 815 g/mol. The second-order valence-corrected chi connectivity index (χ2v) is 14.8. The van der Waals surface area contributed by atoms with Gasteiger partial charge in [-0.15, -0.1) is 0 Å². The van der Waals surface area contributed by atoms with Crippen LogP contribution in [0.5, 0.6) is 0 Å². The van der Waals surface area contributed by atoms with E-state index in [2.05, 4.69) is 63.3 Å². The van der Waals surface area contributed by atoms with E-state index < -0.39 is 12.1 Å². The van der Waals surface area contributed by atoms with Crippen molar-refractivity contribution in [2.75, 3.05) is 13.2 Å². The van der Waals surface area contributed by atoms with Crippen molar-refractivity contribution in [2.45, 2.75) is 181 Å². The van der Waals surface area contributed by atoms with Gasteiger partial charge in [0.05, 0.1) is 0 Å². The molecule has 59 heavy (non-hydrogen) atoms. The van der Waals surface area contributed by atoms with Crippen molar-refractivity contribution in [3.05, 3.63) is 122 Å². The zero-order chi connectivity index (χ0) is 43.0. The van der Waals surface area contributed by atoms with Gasteiger partial charge in [-0.05, 0) is 77.0 Å². The standard InChI is InChI=1S/C53H82O6/c1-4-7-10-13-16-19-22-25-26-29-31-34-37-40-43-46-52(55)58-49-50(59-53(56)47-44-41-38-35-32-28-24-21-18-15-12-9-6-3)48-57-51(54)45-42-39-36-33-30-27-23-20-17-14-11-8-5-2/h7,9-10,12-13,15-16,18-19,21-22,24-28,30,32,35,38,50H,4-6,8,11,14,17,20,23,29,31,33-34,36-37,39-49H2,1-3H3/b10-7-,12-9-,16-13-,18-15-,22-19-,24-21-,26-25-,30-27-,32-28-,38-35-. The molecule has 0 radical (unpaired) electrons. The number of carbonyl (C=O) groups is 3. The third-order valence-corrected chi connectivity index (χ3v) is 9.15. The average molecular weight is 815 g/mol. The fourth-order valence-electron chi connectivity index (χ4n) is 5.71. The number of hydrogen-bond acceptors (Lipinski definition) is 6. The fraction of sp³-hybridized carbons (Fsp3) is 0.566. The Labute approximate surface area is 361 Å². The molecule has 0 aliphatic rings. The van der Waals surface area contributed by atoms with E-state index in [1.807, 2.05) is 79.0 Å². The molecule has 1 atom stereocenters. The largest absolute Gasteiger partial charge is 0.462 e.